The van der Waals surface area contributed by atoms with Crippen LogP contribution in [-0.4, -0.2) is 49.6 Å². The number of carbonyl (C=O) groups is 1. The molecule has 2 N–H and O–H groups in total. The van der Waals surface area contributed by atoms with E-state index in [2.05, 4.69) is 11.9 Å². The highest BCUT2D eigenvalue weighted by molar-refractivity contribution is 5.86. The van der Waals surface area contributed by atoms with Crippen LogP contribution in [0.5, 0.6) is 0 Å². The summed E-state index contributed by atoms with van der Waals surface area (Å²) < 4.78 is 10.3. The van der Waals surface area contributed by atoms with Gasteiger partial charge in [0, 0.05) is 18.2 Å². The SMILES string of the molecule is C=C(C)C(=O)OCCOCC(O)CNC1CCCCCCCC1. The summed E-state index contributed by atoms with van der Waals surface area (Å²) in [6.45, 7) is 6.40. The molecule has 0 aromatic heterocycles. The predicted molar refractivity (Wildman–Crippen MR) is 91.3 cm³/mol. The topological polar surface area (TPSA) is 67.8 Å². The Morgan fingerprint density at radius 1 is 1.17 bits per heavy atom. The van der Waals surface area contributed by atoms with Crippen LogP contribution in [0.15, 0.2) is 12.2 Å². The van der Waals surface area contributed by atoms with Gasteiger partial charge >= 0.3 is 5.97 Å². The summed E-state index contributed by atoms with van der Waals surface area (Å²) in [6.07, 6.45) is 9.79. The fourth-order valence-electron chi connectivity index (χ4n) is 2.73. The van der Waals surface area contributed by atoms with Crippen LogP contribution >= 0.6 is 0 Å². The molecule has 134 valence electrons. The largest absolute Gasteiger partial charge is 0.460 e. The van der Waals surface area contributed by atoms with E-state index in [9.17, 15) is 9.90 Å². The van der Waals surface area contributed by atoms with E-state index in [1.807, 2.05) is 0 Å². The summed E-state index contributed by atoms with van der Waals surface area (Å²) >= 11 is 0. The predicted octanol–water partition coefficient (Wildman–Crippen LogP) is 2.58. The Hall–Kier alpha value is -0.910. The molecule has 1 unspecified atom stereocenters. The van der Waals surface area contributed by atoms with E-state index < -0.39 is 12.1 Å². The van der Waals surface area contributed by atoms with Gasteiger partial charge in [0.1, 0.15) is 6.61 Å². The second-order valence-electron chi connectivity index (χ2n) is 6.45. The Bertz CT molecular complexity index is 336. The molecule has 0 bridgehead atoms. The Labute approximate surface area is 140 Å². The summed E-state index contributed by atoms with van der Waals surface area (Å²) in [5.74, 6) is -0.406. The molecule has 23 heavy (non-hydrogen) atoms. The number of hydrogen-bond donors (Lipinski definition) is 2. The second kappa shape index (κ2) is 12.5. The van der Waals surface area contributed by atoms with Crippen molar-refractivity contribution in [3.63, 3.8) is 0 Å². The summed E-state index contributed by atoms with van der Waals surface area (Å²) in [5, 5.41) is 13.4. The number of ether oxygens (including phenoxy) is 2. The molecule has 0 spiro atoms. The van der Waals surface area contributed by atoms with Gasteiger partial charge in [-0.3, -0.25) is 0 Å². The van der Waals surface area contributed by atoms with Crippen molar-refractivity contribution in [1.82, 2.24) is 5.32 Å². The van der Waals surface area contributed by atoms with Gasteiger partial charge < -0.3 is 19.9 Å². The molecule has 0 aromatic carbocycles. The lowest BCUT2D eigenvalue weighted by Crippen LogP contribution is -2.37. The Balaban J connectivity index is 2.05. The molecule has 1 atom stereocenters. The van der Waals surface area contributed by atoms with Gasteiger partial charge in [0.05, 0.1) is 19.3 Å². The minimum atomic E-state index is -0.528. The maximum atomic E-state index is 11.2. The van der Waals surface area contributed by atoms with E-state index in [1.54, 1.807) is 6.92 Å². The Morgan fingerprint density at radius 3 is 2.39 bits per heavy atom. The first-order chi connectivity index (χ1) is 11.1. The molecule has 5 nitrogen and oxygen atoms in total. The van der Waals surface area contributed by atoms with Crippen molar-refractivity contribution in [3.8, 4) is 0 Å². The van der Waals surface area contributed by atoms with Gasteiger partial charge in [-0.25, -0.2) is 4.79 Å². The zero-order valence-corrected chi connectivity index (χ0v) is 14.5. The van der Waals surface area contributed by atoms with Gasteiger partial charge in [-0.05, 0) is 19.8 Å². The molecule has 1 fully saturated rings. The van der Waals surface area contributed by atoms with Crippen molar-refractivity contribution in [2.75, 3.05) is 26.4 Å². The first-order valence-corrected chi connectivity index (χ1v) is 8.91. The van der Waals surface area contributed by atoms with Crippen LogP contribution in [-0.2, 0) is 14.3 Å². The van der Waals surface area contributed by atoms with E-state index in [0.717, 1.165) is 0 Å². The maximum Gasteiger partial charge on any atom is 0.333 e. The van der Waals surface area contributed by atoms with E-state index in [0.29, 0.717) is 24.8 Å². The highest BCUT2D eigenvalue weighted by Crippen LogP contribution is 2.16. The lowest BCUT2D eigenvalue weighted by atomic mass is 10.0. The quantitative estimate of drug-likeness (QED) is 0.387. The second-order valence-corrected chi connectivity index (χ2v) is 6.45. The maximum absolute atomic E-state index is 11.2. The molecule has 5 heteroatoms. The van der Waals surface area contributed by atoms with Crippen LogP contribution in [0.3, 0.4) is 0 Å². The molecule has 1 rings (SSSR count). The third kappa shape index (κ3) is 10.5. The number of hydrogen-bond acceptors (Lipinski definition) is 5. The van der Waals surface area contributed by atoms with Crippen LogP contribution in [0.1, 0.15) is 58.3 Å². The molecule has 1 saturated carbocycles. The average Bonchev–Trinajstić information content (AvgIpc) is 2.66. The monoisotopic (exact) mass is 327 g/mol. The van der Waals surface area contributed by atoms with Crippen molar-refractivity contribution >= 4 is 5.97 Å². The van der Waals surface area contributed by atoms with Crippen LogP contribution in [0, 0.1) is 0 Å². The molecule has 0 aromatic rings. The van der Waals surface area contributed by atoms with Crippen molar-refractivity contribution in [3.05, 3.63) is 12.2 Å². The molecule has 0 amide bonds. The molecular formula is C18H33NO4. The third-order valence-corrected chi connectivity index (χ3v) is 4.12. The molecular weight excluding hydrogens is 294 g/mol. The van der Waals surface area contributed by atoms with E-state index in [1.165, 1.54) is 51.4 Å². The third-order valence-electron chi connectivity index (χ3n) is 4.12. The van der Waals surface area contributed by atoms with Crippen molar-refractivity contribution in [2.24, 2.45) is 0 Å². The van der Waals surface area contributed by atoms with E-state index in [4.69, 9.17) is 9.47 Å². The summed E-state index contributed by atoms with van der Waals surface area (Å²) in [5.41, 5.74) is 0.379. The highest BCUT2D eigenvalue weighted by atomic mass is 16.6. The van der Waals surface area contributed by atoms with Gasteiger partial charge in [0.15, 0.2) is 0 Å². The number of nitrogens with one attached hydrogen (secondary N) is 1. The Kier molecular flexibility index (Phi) is 10.9. The van der Waals surface area contributed by atoms with Gasteiger partial charge in [0.25, 0.3) is 0 Å². The van der Waals surface area contributed by atoms with Gasteiger partial charge in [0.2, 0.25) is 0 Å². The first kappa shape index (κ1) is 20.1. The van der Waals surface area contributed by atoms with Crippen LogP contribution in [0.4, 0.5) is 0 Å². The summed E-state index contributed by atoms with van der Waals surface area (Å²) in [4.78, 5) is 11.2. The van der Waals surface area contributed by atoms with Crippen molar-refractivity contribution in [1.29, 1.82) is 0 Å². The number of aliphatic hydroxyl groups excluding tert-OH is 1. The standard InChI is InChI=1S/C18H33NO4/c1-15(2)18(21)23-12-11-22-14-17(20)13-19-16-9-7-5-3-4-6-8-10-16/h16-17,19-20H,1,3-14H2,2H3. The molecule has 1 aliphatic carbocycles. The van der Waals surface area contributed by atoms with Crippen LogP contribution in [0.2, 0.25) is 0 Å². The molecule has 0 saturated heterocycles. The zero-order chi connectivity index (χ0) is 16.9. The van der Waals surface area contributed by atoms with Gasteiger partial charge in [-0.1, -0.05) is 45.1 Å². The van der Waals surface area contributed by atoms with E-state index in [-0.39, 0.29) is 13.2 Å². The highest BCUT2D eigenvalue weighted by Gasteiger charge is 2.12. The van der Waals surface area contributed by atoms with Crippen molar-refractivity contribution in [2.45, 2.75) is 70.4 Å². The van der Waals surface area contributed by atoms with Crippen LogP contribution in [0.25, 0.3) is 0 Å². The smallest absolute Gasteiger partial charge is 0.333 e. The lowest BCUT2D eigenvalue weighted by Gasteiger charge is -2.20. The Morgan fingerprint density at radius 2 is 1.78 bits per heavy atom. The van der Waals surface area contributed by atoms with Gasteiger partial charge in [-0.2, -0.15) is 0 Å². The number of esters is 1. The summed E-state index contributed by atoms with van der Waals surface area (Å²) in [6, 6.07) is 0.513. The number of rotatable bonds is 9. The normalized spacial score (nSPS) is 18.5. The average molecular weight is 327 g/mol. The van der Waals surface area contributed by atoms with E-state index >= 15 is 0 Å². The number of aliphatic hydroxyl groups is 1. The first-order valence-electron chi connectivity index (χ1n) is 8.91. The molecule has 0 heterocycles. The fourth-order valence-corrected chi connectivity index (χ4v) is 2.73. The summed E-state index contributed by atoms with van der Waals surface area (Å²) in [7, 11) is 0. The molecule has 0 aliphatic heterocycles. The molecule has 1 aliphatic rings. The minimum absolute atomic E-state index is 0.189. The van der Waals surface area contributed by atoms with Crippen molar-refractivity contribution < 1.29 is 19.4 Å². The van der Waals surface area contributed by atoms with Gasteiger partial charge in [-0.15, -0.1) is 0 Å². The number of carbonyl (C=O) groups excluding carboxylic acids is 1. The lowest BCUT2D eigenvalue weighted by molar-refractivity contribution is -0.140. The molecule has 0 radical (unpaired) electrons. The minimum Gasteiger partial charge on any atom is -0.460 e. The zero-order valence-electron chi connectivity index (χ0n) is 14.5. The van der Waals surface area contributed by atoms with Crippen LogP contribution < -0.4 is 5.32 Å². The fraction of sp³-hybridized carbons (Fsp3) is 0.833.